The highest BCUT2D eigenvalue weighted by molar-refractivity contribution is 7.73. The lowest BCUT2D eigenvalue weighted by Crippen LogP contribution is -1.74. The van der Waals surface area contributed by atoms with E-state index < -0.39 is 11.4 Å². The van der Waals surface area contributed by atoms with Crippen molar-refractivity contribution in [1.29, 1.82) is 0 Å². The molecule has 0 unspecified atom stereocenters. The molecule has 0 spiro atoms. The van der Waals surface area contributed by atoms with Crippen LogP contribution in [-0.4, -0.2) is 13.3 Å². The first kappa shape index (κ1) is 13.0. The van der Waals surface area contributed by atoms with Crippen LogP contribution in [0.5, 0.6) is 0 Å². The van der Waals surface area contributed by atoms with Gasteiger partial charge in [-0.25, -0.2) is 0 Å². The van der Waals surface area contributed by atoms with Crippen LogP contribution in [0.25, 0.3) is 6.08 Å². The molecule has 0 aliphatic heterocycles. The van der Waals surface area contributed by atoms with Gasteiger partial charge in [0.05, 0.1) is 0 Å². The average Bonchev–Trinajstić information content (AvgIpc) is 2.15. The van der Waals surface area contributed by atoms with Crippen molar-refractivity contribution in [2.24, 2.45) is 0 Å². The Morgan fingerprint density at radius 1 is 1.29 bits per heavy atom. The summed E-state index contributed by atoms with van der Waals surface area (Å²) in [5, 5.41) is 0. The summed E-state index contributed by atoms with van der Waals surface area (Å²) in [6.45, 7) is 2.14. The van der Waals surface area contributed by atoms with E-state index in [1.165, 1.54) is 5.56 Å². The first-order valence-corrected chi connectivity index (χ1v) is 5.24. The lowest BCUT2D eigenvalue weighted by Gasteiger charge is -1.88. The molecule has 0 fully saturated rings. The molecule has 78 valence electrons. The van der Waals surface area contributed by atoms with Crippen LogP contribution in [0.1, 0.15) is 18.9 Å². The summed E-state index contributed by atoms with van der Waals surface area (Å²) < 4.78 is 22.8. The van der Waals surface area contributed by atoms with E-state index in [9.17, 15) is 0 Å². The Kier molecular flexibility index (Phi) is 8.02. The summed E-state index contributed by atoms with van der Waals surface area (Å²) in [7, 11) is 0. The fraction of sp³-hybridized carbons (Fsp3) is 0.200. The van der Waals surface area contributed by atoms with Gasteiger partial charge in [-0.15, -0.1) is 0 Å². The minimum atomic E-state index is -2.61. The topological polar surface area (TPSA) is 57.5 Å². The number of hydrogen-bond acceptors (Lipinski definition) is 1. The van der Waals surface area contributed by atoms with E-state index in [-0.39, 0.29) is 0 Å². The molecule has 0 bridgehead atoms. The van der Waals surface area contributed by atoms with Gasteiger partial charge in [0.15, 0.2) is 0 Å². The van der Waals surface area contributed by atoms with E-state index >= 15 is 0 Å². The Bertz CT molecular complexity index is 279. The van der Waals surface area contributed by atoms with E-state index in [1.54, 1.807) is 0 Å². The van der Waals surface area contributed by atoms with E-state index in [0.717, 1.165) is 6.42 Å². The van der Waals surface area contributed by atoms with Crippen LogP contribution in [-0.2, 0) is 11.4 Å². The monoisotopic (exact) mass is 214 g/mol. The van der Waals surface area contributed by atoms with Crippen molar-refractivity contribution in [1.82, 2.24) is 0 Å². The highest BCUT2D eigenvalue weighted by Gasteiger charge is 1.79. The minimum Gasteiger partial charge on any atom is -0.284 e. The summed E-state index contributed by atoms with van der Waals surface area (Å²) in [6, 6.07) is 10.3. The van der Waals surface area contributed by atoms with Crippen molar-refractivity contribution in [2.75, 3.05) is 0 Å². The summed E-state index contributed by atoms with van der Waals surface area (Å²) in [5.74, 6) is 0. The van der Waals surface area contributed by atoms with Crippen molar-refractivity contribution in [2.45, 2.75) is 13.3 Å². The quantitative estimate of drug-likeness (QED) is 0.744. The maximum atomic E-state index is 8.67. The second-order valence-electron chi connectivity index (χ2n) is 2.45. The molecule has 4 heteroatoms. The highest BCUT2D eigenvalue weighted by atomic mass is 32.2. The van der Waals surface area contributed by atoms with Gasteiger partial charge in [-0.2, -0.15) is 4.21 Å². The molecule has 2 N–H and O–H groups in total. The predicted molar refractivity (Wildman–Crippen MR) is 59.2 cm³/mol. The second kappa shape index (κ2) is 8.62. The maximum Gasteiger partial charge on any atom is 0.299 e. The van der Waals surface area contributed by atoms with E-state index in [0.29, 0.717) is 0 Å². The van der Waals surface area contributed by atoms with Crippen molar-refractivity contribution >= 4 is 17.4 Å². The fourth-order valence-corrected chi connectivity index (χ4v) is 0.818. The first-order valence-electron chi connectivity index (χ1n) is 4.18. The first-order chi connectivity index (χ1) is 6.66. The van der Waals surface area contributed by atoms with Crippen LogP contribution >= 0.6 is 0 Å². The molecule has 0 aliphatic carbocycles. The number of benzene rings is 1. The molecule has 0 radical (unpaired) electrons. The van der Waals surface area contributed by atoms with Crippen molar-refractivity contribution < 1.29 is 13.3 Å². The molecule has 0 heterocycles. The smallest absolute Gasteiger partial charge is 0.284 e. The second-order valence-corrected chi connectivity index (χ2v) is 2.91. The Balaban J connectivity index is 0.000000364. The van der Waals surface area contributed by atoms with Gasteiger partial charge < -0.3 is 0 Å². The van der Waals surface area contributed by atoms with Gasteiger partial charge in [-0.05, 0) is 12.0 Å². The molecular weight excluding hydrogens is 200 g/mol. The molecule has 14 heavy (non-hydrogen) atoms. The molecule has 1 aromatic carbocycles. The lowest BCUT2D eigenvalue weighted by atomic mass is 10.2. The average molecular weight is 214 g/mol. The third-order valence-corrected chi connectivity index (χ3v) is 1.35. The molecule has 0 aliphatic rings. The van der Waals surface area contributed by atoms with Gasteiger partial charge >= 0.3 is 0 Å². The van der Waals surface area contributed by atoms with Crippen molar-refractivity contribution in [3.63, 3.8) is 0 Å². The van der Waals surface area contributed by atoms with E-state index in [4.69, 9.17) is 13.3 Å². The van der Waals surface area contributed by atoms with Crippen LogP contribution in [0.2, 0.25) is 0 Å². The largest absolute Gasteiger partial charge is 0.299 e. The van der Waals surface area contributed by atoms with Gasteiger partial charge in [0.25, 0.3) is 11.4 Å². The van der Waals surface area contributed by atoms with E-state index in [2.05, 4.69) is 43.3 Å². The number of hydrogen-bond donors (Lipinski definition) is 2. The maximum absolute atomic E-state index is 8.67. The Hall–Kier alpha value is -0.970. The van der Waals surface area contributed by atoms with Crippen molar-refractivity contribution in [3.8, 4) is 0 Å². The molecular formula is C10H14O3S. The fourth-order valence-electron chi connectivity index (χ4n) is 0.818. The van der Waals surface area contributed by atoms with Crippen LogP contribution in [0, 0.1) is 0 Å². The zero-order chi connectivity index (χ0) is 10.8. The summed E-state index contributed by atoms with van der Waals surface area (Å²) >= 11 is -2.61. The molecule has 0 saturated carbocycles. The highest BCUT2D eigenvalue weighted by Crippen LogP contribution is 2.00. The SMILES string of the molecule is CCC=Cc1ccccc1.O=S(O)O. The molecule has 1 aromatic rings. The normalized spacial score (nSPS) is 10.0. The van der Waals surface area contributed by atoms with Crippen LogP contribution in [0.4, 0.5) is 0 Å². The molecule has 0 aromatic heterocycles. The number of allylic oxidation sites excluding steroid dienone is 1. The molecule has 3 nitrogen and oxygen atoms in total. The van der Waals surface area contributed by atoms with Gasteiger partial charge in [-0.3, -0.25) is 9.11 Å². The summed E-state index contributed by atoms with van der Waals surface area (Å²) in [4.78, 5) is 0. The molecule has 0 amide bonds. The predicted octanol–water partition coefficient (Wildman–Crippen LogP) is 2.79. The lowest BCUT2D eigenvalue weighted by molar-refractivity contribution is 0.454. The Morgan fingerprint density at radius 2 is 1.79 bits per heavy atom. The third-order valence-electron chi connectivity index (χ3n) is 1.35. The van der Waals surface area contributed by atoms with Gasteiger partial charge in [0.2, 0.25) is 0 Å². The Morgan fingerprint density at radius 3 is 2.21 bits per heavy atom. The molecule has 0 atom stereocenters. The Labute approximate surface area is 86.6 Å². The molecule has 1 rings (SSSR count). The van der Waals surface area contributed by atoms with Crippen LogP contribution in [0.15, 0.2) is 36.4 Å². The summed E-state index contributed by atoms with van der Waals surface area (Å²) in [5.41, 5.74) is 1.28. The van der Waals surface area contributed by atoms with Crippen LogP contribution < -0.4 is 0 Å². The zero-order valence-corrected chi connectivity index (χ0v) is 8.78. The zero-order valence-electron chi connectivity index (χ0n) is 7.96. The van der Waals surface area contributed by atoms with Crippen LogP contribution in [0.3, 0.4) is 0 Å². The van der Waals surface area contributed by atoms with Gasteiger partial charge in [0.1, 0.15) is 0 Å². The third kappa shape index (κ3) is 9.12. The van der Waals surface area contributed by atoms with Crippen molar-refractivity contribution in [3.05, 3.63) is 42.0 Å². The minimum absolute atomic E-state index is 1.11. The van der Waals surface area contributed by atoms with Gasteiger partial charge in [0, 0.05) is 0 Å². The molecule has 0 saturated heterocycles. The standard InChI is InChI=1S/C10H12.H2O3S/c1-2-3-7-10-8-5-4-6-9-10;1-4(2)3/h3-9H,2H2,1H3;(H2,1,2,3). The van der Waals surface area contributed by atoms with E-state index in [1.807, 2.05) is 6.07 Å². The number of rotatable bonds is 2. The summed E-state index contributed by atoms with van der Waals surface area (Å²) in [6.07, 6.45) is 5.41. The van der Waals surface area contributed by atoms with Gasteiger partial charge in [-0.1, -0.05) is 49.4 Å².